The minimum atomic E-state index is 0.226. The average Bonchev–Trinajstić information content (AvgIpc) is 2.94. The minimum Gasteiger partial charge on any atom is -0.508 e. The Kier molecular flexibility index (Phi) is 3.87. The normalized spacial score (nSPS) is 11.7. The molecule has 110 valence electrons. The highest BCUT2D eigenvalue weighted by Gasteiger charge is 2.00. The van der Waals surface area contributed by atoms with Gasteiger partial charge in [-0.05, 0) is 35.9 Å². The van der Waals surface area contributed by atoms with Gasteiger partial charge in [-0.15, -0.1) is 0 Å². The number of imidazole rings is 1. The van der Waals surface area contributed by atoms with Crippen LogP contribution in [0.25, 0.3) is 23.2 Å². The van der Waals surface area contributed by atoms with Crippen molar-refractivity contribution in [3.05, 3.63) is 60.1 Å². The summed E-state index contributed by atoms with van der Waals surface area (Å²) in [5.74, 6) is 1.82. The number of rotatable bonds is 4. The molecule has 0 saturated heterocycles. The largest absolute Gasteiger partial charge is 0.508 e. The lowest BCUT2D eigenvalue weighted by Crippen LogP contribution is -1.90. The lowest BCUT2D eigenvalue weighted by molar-refractivity contribution is 0.476. The molecule has 2 aromatic heterocycles. The second-order valence-electron chi connectivity index (χ2n) is 4.77. The summed E-state index contributed by atoms with van der Waals surface area (Å²) >= 11 is 0. The number of phenols is 1. The van der Waals surface area contributed by atoms with Crippen molar-refractivity contribution in [2.75, 3.05) is 12.4 Å². The van der Waals surface area contributed by atoms with Crippen LogP contribution in [0.15, 0.2) is 48.7 Å². The number of hydrogen-bond acceptors (Lipinski definition) is 4. The molecule has 0 fully saturated rings. The molecule has 0 aliphatic heterocycles. The van der Waals surface area contributed by atoms with Gasteiger partial charge in [0.15, 0.2) is 0 Å². The SMILES string of the molecule is [11CH3]Nc1ccc(/C=C/C=C/c2nc3ccc(O)cc3[nH]2)cn1. The fraction of sp³-hybridized carbons (Fsp3) is 0.0588. The van der Waals surface area contributed by atoms with E-state index in [2.05, 4.69) is 20.3 Å². The summed E-state index contributed by atoms with van der Waals surface area (Å²) < 4.78 is 0. The van der Waals surface area contributed by atoms with E-state index in [0.717, 1.165) is 28.2 Å². The number of aromatic hydroxyl groups is 1. The van der Waals surface area contributed by atoms with E-state index < -0.39 is 0 Å². The number of aromatic nitrogens is 3. The van der Waals surface area contributed by atoms with Crippen molar-refractivity contribution in [2.24, 2.45) is 0 Å². The van der Waals surface area contributed by atoms with Crippen LogP contribution in [0.1, 0.15) is 11.4 Å². The fourth-order valence-electron chi connectivity index (χ4n) is 2.06. The van der Waals surface area contributed by atoms with Gasteiger partial charge in [0.1, 0.15) is 17.4 Å². The van der Waals surface area contributed by atoms with E-state index in [1.165, 1.54) is 0 Å². The Labute approximate surface area is 128 Å². The van der Waals surface area contributed by atoms with Crippen molar-refractivity contribution >= 4 is 29.0 Å². The van der Waals surface area contributed by atoms with Crippen molar-refractivity contribution in [3.8, 4) is 5.75 Å². The summed E-state index contributed by atoms with van der Waals surface area (Å²) in [6.45, 7) is 0. The van der Waals surface area contributed by atoms with E-state index in [1.54, 1.807) is 24.4 Å². The van der Waals surface area contributed by atoms with Crippen molar-refractivity contribution in [1.29, 1.82) is 0 Å². The van der Waals surface area contributed by atoms with Crippen molar-refractivity contribution < 1.29 is 5.11 Å². The number of fused-ring (bicyclic) bond motifs is 1. The van der Waals surface area contributed by atoms with Crippen molar-refractivity contribution in [2.45, 2.75) is 0 Å². The highest BCUT2D eigenvalue weighted by molar-refractivity contribution is 5.78. The molecule has 1 aromatic carbocycles. The van der Waals surface area contributed by atoms with Gasteiger partial charge in [-0.25, -0.2) is 9.97 Å². The second kappa shape index (κ2) is 6.13. The molecule has 5 nitrogen and oxygen atoms in total. The van der Waals surface area contributed by atoms with Gasteiger partial charge < -0.3 is 15.4 Å². The van der Waals surface area contributed by atoms with Gasteiger partial charge in [0, 0.05) is 19.3 Å². The molecule has 0 saturated carbocycles. The van der Waals surface area contributed by atoms with E-state index >= 15 is 0 Å². The van der Waals surface area contributed by atoms with E-state index in [4.69, 9.17) is 0 Å². The van der Waals surface area contributed by atoms with Gasteiger partial charge in [0.2, 0.25) is 0 Å². The molecule has 0 atom stereocenters. The predicted octanol–water partition coefficient (Wildman–Crippen LogP) is 3.43. The highest BCUT2D eigenvalue weighted by Crippen LogP contribution is 2.18. The van der Waals surface area contributed by atoms with E-state index in [9.17, 15) is 5.11 Å². The lowest BCUT2D eigenvalue weighted by atomic mass is 10.2. The Morgan fingerprint density at radius 1 is 1.14 bits per heavy atom. The van der Waals surface area contributed by atoms with Crippen LogP contribution in [0.5, 0.6) is 5.75 Å². The highest BCUT2D eigenvalue weighted by atomic mass is 16.3. The van der Waals surface area contributed by atoms with Gasteiger partial charge in [-0.2, -0.15) is 0 Å². The Bertz CT molecular complexity index is 831. The molecule has 0 aliphatic carbocycles. The molecule has 22 heavy (non-hydrogen) atoms. The molecule has 5 heteroatoms. The minimum absolute atomic E-state index is 0.226. The number of nitrogens with zero attached hydrogens (tertiary/aromatic N) is 2. The average molecular weight is 291 g/mol. The smallest absolute Gasteiger partial charge is 0.131 e. The summed E-state index contributed by atoms with van der Waals surface area (Å²) in [6, 6.07) is 8.98. The van der Waals surface area contributed by atoms with Crippen LogP contribution in [-0.4, -0.2) is 27.1 Å². The molecule has 0 unspecified atom stereocenters. The van der Waals surface area contributed by atoms with Crippen molar-refractivity contribution in [3.63, 3.8) is 0 Å². The van der Waals surface area contributed by atoms with Gasteiger partial charge in [0.05, 0.1) is 11.0 Å². The quantitative estimate of drug-likeness (QED) is 0.644. The zero-order valence-corrected chi connectivity index (χ0v) is 12.1. The first-order chi connectivity index (χ1) is 10.7. The Balaban J connectivity index is 1.70. The Morgan fingerprint density at radius 3 is 2.77 bits per heavy atom. The number of aromatic amines is 1. The van der Waals surface area contributed by atoms with E-state index in [-0.39, 0.29) is 5.75 Å². The lowest BCUT2D eigenvalue weighted by Gasteiger charge is -1.97. The number of phenolic OH excluding ortho intramolecular Hbond substituents is 1. The van der Waals surface area contributed by atoms with Crippen LogP contribution < -0.4 is 5.32 Å². The Hall–Kier alpha value is -3.08. The standard InChI is InChI=1S/C17H16N4O/c1-18-16-9-6-12(11-19-16)4-2-3-5-17-20-14-8-7-13(22)10-15(14)21-17/h2-11,22H,1H3,(H,18,19)(H,20,21)/b4-2+,5-3+/i1-1. The number of pyridine rings is 1. The molecule has 0 amide bonds. The molecule has 2 heterocycles. The first-order valence-electron chi connectivity index (χ1n) is 6.92. The molecule has 3 rings (SSSR count). The summed E-state index contributed by atoms with van der Waals surface area (Å²) in [6.07, 6.45) is 9.49. The summed E-state index contributed by atoms with van der Waals surface area (Å²) in [4.78, 5) is 11.8. The maximum absolute atomic E-state index is 9.43. The molecular formula is C17H16N4O. The first-order valence-corrected chi connectivity index (χ1v) is 6.92. The van der Waals surface area contributed by atoms with Crippen LogP contribution in [0, 0.1) is 0 Å². The molecule has 0 spiro atoms. The number of hydrogen-bond donors (Lipinski definition) is 3. The van der Waals surface area contributed by atoms with Crippen LogP contribution in [0.2, 0.25) is 0 Å². The monoisotopic (exact) mass is 291 g/mol. The zero-order valence-electron chi connectivity index (χ0n) is 12.1. The summed E-state index contributed by atoms with van der Waals surface area (Å²) in [7, 11) is 1.84. The third kappa shape index (κ3) is 3.15. The number of H-pyrrole nitrogens is 1. The molecule has 3 aromatic rings. The van der Waals surface area contributed by atoms with Gasteiger partial charge in [-0.3, -0.25) is 0 Å². The van der Waals surface area contributed by atoms with Crippen LogP contribution >= 0.6 is 0 Å². The Morgan fingerprint density at radius 2 is 2.00 bits per heavy atom. The van der Waals surface area contributed by atoms with Crippen LogP contribution in [0.3, 0.4) is 0 Å². The molecular weight excluding hydrogens is 275 g/mol. The fourth-order valence-corrected chi connectivity index (χ4v) is 2.06. The second-order valence-corrected chi connectivity index (χ2v) is 4.77. The number of anilines is 1. The van der Waals surface area contributed by atoms with Crippen LogP contribution in [0.4, 0.5) is 5.82 Å². The zero-order chi connectivity index (χ0) is 15.4. The third-order valence-corrected chi connectivity index (χ3v) is 3.18. The van der Waals surface area contributed by atoms with Gasteiger partial charge in [-0.1, -0.05) is 18.2 Å². The molecule has 0 radical (unpaired) electrons. The van der Waals surface area contributed by atoms with Gasteiger partial charge in [0.25, 0.3) is 0 Å². The van der Waals surface area contributed by atoms with Crippen molar-refractivity contribution in [1.82, 2.24) is 15.0 Å². The molecule has 0 bridgehead atoms. The van der Waals surface area contributed by atoms with Gasteiger partial charge >= 0.3 is 0 Å². The topological polar surface area (TPSA) is 73.8 Å². The third-order valence-electron chi connectivity index (χ3n) is 3.18. The van der Waals surface area contributed by atoms with Crippen LogP contribution in [-0.2, 0) is 0 Å². The summed E-state index contributed by atoms with van der Waals surface area (Å²) in [5, 5.41) is 12.4. The number of nitrogens with one attached hydrogen (secondary N) is 2. The summed E-state index contributed by atoms with van der Waals surface area (Å²) in [5.41, 5.74) is 2.67. The predicted molar refractivity (Wildman–Crippen MR) is 89.6 cm³/mol. The molecule has 0 aliphatic rings. The number of allylic oxidation sites excluding steroid dienone is 2. The maximum Gasteiger partial charge on any atom is 0.131 e. The molecule has 3 N–H and O–H groups in total. The van der Waals surface area contributed by atoms with E-state index in [0.29, 0.717) is 0 Å². The maximum atomic E-state index is 9.43. The number of benzene rings is 1. The first kappa shape index (κ1) is 13.9. The van der Waals surface area contributed by atoms with E-state index in [1.807, 2.05) is 43.5 Å².